The summed E-state index contributed by atoms with van der Waals surface area (Å²) in [6, 6.07) is 9.43. The Hall–Kier alpha value is -1.87. The molecule has 2 aromatic rings. The monoisotopic (exact) mass is 346 g/mol. The Morgan fingerprint density at radius 1 is 1.52 bits per heavy atom. The molecule has 6 heteroatoms. The number of hydrogen-bond acceptors (Lipinski definition) is 4. The maximum Gasteiger partial charge on any atom is 0.265 e. The maximum atomic E-state index is 12.7. The average Bonchev–Trinajstić information content (AvgIpc) is 2.93. The molecule has 1 aliphatic heterocycles. The van der Waals surface area contributed by atoms with E-state index in [0.717, 1.165) is 11.1 Å². The third kappa shape index (κ3) is 3.25. The minimum Gasteiger partial charge on any atom is -0.370 e. The standard InChI is InChI=1S/C17H15ClN2O2S/c1-11-10-23-16(15(11)18)17(21)20-5-6-22-14(9-20)13-4-2-3-12(7-13)8-19/h2-4,7,10,14H,5-6,9H2,1H3/t14-/m0/s1. The van der Waals surface area contributed by atoms with Gasteiger partial charge in [0.2, 0.25) is 0 Å². The van der Waals surface area contributed by atoms with Gasteiger partial charge in [-0.3, -0.25) is 4.79 Å². The number of amides is 1. The lowest BCUT2D eigenvalue weighted by Gasteiger charge is -2.33. The van der Waals surface area contributed by atoms with Crippen molar-refractivity contribution >= 4 is 28.8 Å². The van der Waals surface area contributed by atoms with Crippen LogP contribution < -0.4 is 0 Å². The maximum absolute atomic E-state index is 12.7. The van der Waals surface area contributed by atoms with Crippen LogP contribution in [0.5, 0.6) is 0 Å². The highest BCUT2D eigenvalue weighted by molar-refractivity contribution is 7.13. The molecule has 2 heterocycles. The number of thiophene rings is 1. The number of carbonyl (C=O) groups excluding carboxylic acids is 1. The van der Waals surface area contributed by atoms with Crippen LogP contribution >= 0.6 is 22.9 Å². The Balaban J connectivity index is 1.79. The molecule has 1 fully saturated rings. The Labute approximate surface area is 143 Å². The summed E-state index contributed by atoms with van der Waals surface area (Å²) in [5, 5.41) is 11.4. The Bertz CT molecular complexity index is 781. The molecule has 0 unspecified atom stereocenters. The zero-order valence-corrected chi connectivity index (χ0v) is 14.2. The van der Waals surface area contributed by atoms with Crippen LogP contribution in [0.1, 0.15) is 32.5 Å². The van der Waals surface area contributed by atoms with Gasteiger partial charge in [-0.15, -0.1) is 11.3 Å². The molecular formula is C17H15ClN2O2S. The topological polar surface area (TPSA) is 53.3 Å². The van der Waals surface area contributed by atoms with Crippen molar-refractivity contribution in [3.05, 3.63) is 56.2 Å². The van der Waals surface area contributed by atoms with E-state index >= 15 is 0 Å². The first-order valence-corrected chi connectivity index (χ1v) is 8.50. The minimum atomic E-state index is -0.221. The lowest BCUT2D eigenvalue weighted by Crippen LogP contribution is -2.42. The van der Waals surface area contributed by atoms with Gasteiger partial charge in [0.25, 0.3) is 5.91 Å². The molecule has 1 atom stereocenters. The van der Waals surface area contributed by atoms with Gasteiger partial charge in [-0.1, -0.05) is 23.7 Å². The molecule has 1 aromatic heterocycles. The van der Waals surface area contributed by atoms with Gasteiger partial charge in [0, 0.05) is 6.54 Å². The van der Waals surface area contributed by atoms with Gasteiger partial charge >= 0.3 is 0 Å². The van der Waals surface area contributed by atoms with Gasteiger partial charge in [-0.25, -0.2) is 0 Å². The lowest BCUT2D eigenvalue weighted by molar-refractivity contribution is -0.0226. The molecule has 1 aliphatic rings. The van der Waals surface area contributed by atoms with Crippen LogP contribution in [0.15, 0.2) is 29.6 Å². The van der Waals surface area contributed by atoms with Crippen molar-refractivity contribution in [3.63, 3.8) is 0 Å². The first-order chi connectivity index (χ1) is 11.1. The smallest absolute Gasteiger partial charge is 0.265 e. The molecule has 0 N–H and O–H groups in total. The second kappa shape index (κ2) is 6.71. The highest BCUT2D eigenvalue weighted by atomic mass is 35.5. The zero-order valence-electron chi connectivity index (χ0n) is 12.6. The number of nitrogens with zero attached hydrogens (tertiary/aromatic N) is 2. The number of ether oxygens (including phenoxy) is 1. The van der Waals surface area contributed by atoms with Gasteiger partial charge in [-0.05, 0) is 35.6 Å². The van der Waals surface area contributed by atoms with E-state index in [1.165, 1.54) is 11.3 Å². The largest absolute Gasteiger partial charge is 0.370 e. The highest BCUT2D eigenvalue weighted by Crippen LogP contribution is 2.30. The number of benzene rings is 1. The highest BCUT2D eigenvalue weighted by Gasteiger charge is 2.28. The second-order valence-electron chi connectivity index (χ2n) is 5.41. The van der Waals surface area contributed by atoms with Gasteiger partial charge < -0.3 is 9.64 Å². The van der Waals surface area contributed by atoms with E-state index in [9.17, 15) is 4.79 Å². The van der Waals surface area contributed by atoms with Crippen molar-refractivity contribution < 1.29 is 9.53 Å². The molecule has 3 rings (SSSR count). The first-order valence-electron chi connectivity index (χ1n) is 7.24. The third-order valence-electron chi connectivity index (χ3n) is 3.83. The summed E-state index contributed by atoms with van der Waals surface area (Å²) in [5.41, 5.74) is 2.42. The summed E-state index contributed by atoms with van der Waals surface area (Å²) in [5.74, 6) is -0.0576. The van der Waals surface area contributed by atoms with E-state index in [1.54, 1.807) is 17.0 Å². The number of aryl methyl sites for hydroxylation is 1. The van der Waals surface area contributed by atoms with E-state index in [4.69, 9.17) is 21.6 Å². The quantitative estimate of drug-likeness (QED) is 0.831. The Morgan fingerprint density at radius 2 is 2.35 bits per heavy atom. The third-order valence-corrected chi connectivity index (χ3v) is 5.52. The van der Waals surface area contributed by atoms with Crippen molar-refractivity contribution in [1.29, 1.82) is 5.26 Å². The molecule has 0 saturated carbocycles. The van der Waals surface area contributed by atoms with Crippen LogP contribution in [-0.4, -0.2) is 30.5 Å². The summed E-state index contributed by atoms with van der Waals surface area (Å²) in [4.78, 5) is 15.0. The van der Waals surface area contributed by atoms with Gasteiger partial charge in [-0.2, -0.15) is 5.26 Å². The van der Waals surface area contributed by atoms with Crippen LogP contribution in [0.25, 0.3) is 0 Å². The van der Waals surface area contributed by atoms with Crippen molar-refractivity contribution in [2.75, 3.05) is 19.7 Å². The van der Waals surface area contributed by atoms with Crippen LogP contribution in [0.2, 0.25) is 5.02 Å². The lowest BCUT2D eigenvalue weighted by atomic mass is 10.0. The fourth-order valence-corrected chi connectivity index (χ4v) is 3.80. The predicted octanol–water partition coefficient (Wildman–Crippen LogP) is 3.80. The predicted molar refractivity (Wildman–Crippen MR) is 89.8 cm³/mol. The molecule has 4 nitrogen and oxygen atoms in total. The molecular weight excluding hydrogens is 332 g/mol. The summed E-state index contributed by atoms with van der Waals surface area (Å²) >= 11 is 7.59. The molecule has 0 spiro atoms. The zero-order chi connectivity index (χ0) is 16.4. The summed E-state index contributed by atoms with van der Waals surface area (Å²) in [6.45, 7) is 3.36. The summed E-state index contributed by atoms with van der Waals surface area (Å²) < 4.78 is 5.78. The Morgan fingerprint density at radius 3 is 3.04 bits per heavy atom. The number of hydrogen-bond donors (Lipinski definition) is 0. The summed E-state index contributed by atoms with van der Waals surface area (Å²) in [6.07, 6.45) is -0.221. The van der Waals surface area contributed by atoms with Crippen molar-refractivity contribution in [2.24, 2.45) is 0 Å². The fraction of sp³-hybridized carbons (Fsp3) is 0.294. The van der Waals surface area contributed by atoms with Crippen LogP contribution in [-0.2, 0) is 4.74 Å². The van der Waals surface area contributed by atoms with Gasteiger partial charge in [0.1, 0.15) is 11.0 Å². The fourth-order valence-electron chi connectivity index (χ4n) is 2.56. The van der Waals surface area contributed by atoms with E-state index in [1.807, 2.05) is 24.4 Å². The minimum absolute atomic E-state index is 0.0576. The molecule has 0 aliphatic carbocycles. The molecule has 1 aromatic carbocycles. The van der Waals surface area contributed by atoms with Crippen LogP contribution in [0.3, 0.4) is 0 Å². The van der Waals surface area contributed by atoms with Crippen molar-refractivity contribution in [1.82, 2.24) is 4.90 Å². The first kappa shape index (κ1) is 16.0. The molecule has 0 bridgehead atoms. The van der Waals surface area contributed by atoms with E-state index in [-0.39, 0.29) is 12.0 Å². The molecule has 118 valence electrons. The Kier molecular flexibility index (Phi) is 4.67. The number of halogens is 1. The number of rotatable bonds is 2. The second-order valence-corrected chi connectivity index (χ2v) is 6.67. The van der Waals surface area contributed by atoms with E-state index < -0.39 is 0 Å². The normalized spacial score (nSPS) is 17.8. The number of nitriles is 1. The SMILES string of the molecule is Cc1csc(C(=O)N2CCO[C@H](c3cccc(C#N)c3)C2)c1Cl. The molecule has 1 saturated heterocycles. The molecule has 1 amide bonds. The van der Waals surface area contributed by atoms with Gasteiger partial charge in [0.05, 0.1) is 29.8 Å². The number of morpholine rings is 1. The average molecular weight is 347 g/mol. The molecule has 23 heavy (non-hydrogen) atoms. The van der Waals surface area contributed by atoms with Gasteiger partial charge in [0.15, 0.2) is 0 Å². The van der Waals surface area contributed by atoms with Crippen molar-refractivity contribution in [3.8, 4) is 6.07 Å². The number of carbonyl (C=O) groups is 1. The summed E-state index contributed by atoms with van der Waals surface area (Å²) in [7, 11) is 0. The van der Waals surface area contributed by atoms with Crippen LogP contribution in [0.4, 0.5) is 0 Å². The molecule has 0 radical (unpaired) electrons. The van der Waals surface area contributed by atoms with E-state index in [0.29, 0.717) is 35.2 Å². The van der Waals surface area contributed by atoms with Crippen LogP contribution in [0, 0.1) is 18.3 Å². The van der Waals surface area contributed by atoms with Crippen molar-refractivity contribution in [2.45, 2.75) is 13.0 Å². The van der Waals surface area contributed by atoms with E-state index in [2.05, 4.69) is 6.07 Å².